The number of carbonyl (C=O) groups excluding carboxylic acids is 1. The molecule has 0 aliphatic heterocycles. The maximum atomic E-state index is 12.1. The van der Waals surface area contributed by atoms with E-state index in [1.807, 2.05) is 54.8 Å². The molecule has 0 aliphatic carbocycles. The van der Waals surface area contributed by atoms with Crippen LogP contribution >= 0.6 is 27.7 Å². The number of anilines is 1. The van der Waals surface area contributed by atoms with Gasteiger partial charge in [0.1, 0.15) is 5.75 Å². The van der Waals surface area contributed by atoms with Crippen LogP contribution in [0.2, 0.25) is 0 Å². The van der Waals surface area contributed by atoms with Crippen LogP contribution in [0.4, 0.5) is 5.69 Å². The number of amides is 1. The monoisotopic (exact) mass is 365 g/mol. The van der Waals surface area contributed by atoms with Gasteiger partial charge in [-0.15, -0.1) is 11.8 Å². The Labute approximate surface area is 137 Å². The lowest BCUT2D eigenvalue weighted by atomic mass is 10.3. The molecule has 0 heterocycles. The van der Waals surface area contributed by atoms with Crippen molar-refractivity contribution in [2.75, 3.05) is 11.6 Å². The summed E-state index contributed by atoms with van der Waals surface area (Å²) in [4.78, 5) is 13.2. The van der Waals surface area contributed by atoms with Crippen molar-refractivity contribution in [2.45, 2.75) is 17.9 Å². The van der Waals surface area contributed by atoms with Crippen LogP contribution in [-0.2, 0) is 4.79 Å². The van der Waals surface area contributed by atoms with Crippen molar-refractivity contribution in [3.63, 3.8) is 0 Å². The topological polar surface area (TPSA) is 38.3 Å². The first kappa shape index (κ1) is 15.9. The zero-order valence-electron chi connectivity index (χ0n) is 11.8. The molecular weight excluding hydrogens is 350 g/mol. The fraction of sp³-hybridized carbons (Fsp3) is 0.188. The molecule has 0 fully saturated rings. The normalized spacial score (nSPS) is 11.8. The fourth-order valence-electron chi connectivity index (χ4n) is 1.69. The molecule has 0 unspecified atom stereocenters. The van der Waals surface area contributed by atoms with Crippen LogP contribution < -0.4 is 10.1 Å². The van der Waals surface area contributed by atoms with E-state index >= 15 is 0 Å². The van der Waals surface area contributed by atoms with Crippen LogP contribution in [0.5, 0.6) is 5.75 Å². The minimum atomic E-state index is -0.564. The average Bonchev–Trinajstić information content (AvgIpc) is 2.50. The van der Waals surface area contributed by atoms with Crippen molar-refractivity contribution >= 4 is 39.3 Å². The van der Waals surface area contributed by atoms with Crippen molar-refractivity contribution in [3.05, 3.63) is 53.0 Å². The van der Waals surface area contributed by atoms with Crippen LogP contribution in [0, 0.1) is 0 Å². The van der Waals surface area contributed by atoms with Gasteiger partial charge in [-0.1, -0.05) is 15.9 Å². The Kier molecular flexibility index (Phi) is 5.70. The molecule has 0 spiro atoms. The van der Waals surface area contributed by atoms with E-state index in [0.717, 1.165) is 15.1 Å². The highest BCUT2D eigenvalue weighted by Gasteiger charge is 2.14. The van der Waals surface area contributed by atoms with Crippen LogP contribution in [0.25, 0.3) is 0 Å². The van der Waals surface area contributed by atoms with Gasteiger partial charge in [-0.25, -0.2) is 0 Å². The average molecular weight is 366 g/mol. The van der Waals surface area contributed by atoms with E-state index in [1.54, 1.807) is 18.7 Å². The van der Waals surface area contributed by atoms with Crippen molar-refractivity contribution in [1.82, 2.24) is 0 Å². The van der Waals surface area contributed by atoms with Crippen LogP contribution in [0.15, 0.2) is 57.9 Å². The number of ether oxygens (including phenoxy) is 1. The van der Waals surface area contributed by atoms with Gasteiger partial charge in [-0.3, -0.25) is 4.79 Å². The summed E-state index contributed by atoms with van der Waals surface area (Å²) in [5.74, 6) is 0.494. The van der Waals surface area contributed by atoms with Crippen LogP contribution in [0.3, 0.4) is 0 Å². The van der Waals surface area contributed by atoms with Crippen molar-refractivity contribution in [1.29, 1.82) is 0 Å². The molecule has 0 radical (unpaired) electrons. The van der Waals surface area contributed by atoms with Gasteiger partial charge >= 0.3 is 0 Å². The Hall–Kier alpha value is -1.46. The fourth-order valence-corrected chi connectivity index (χ4v) is 2.36. The number of thioether (sulfide) groups is 1. The van der Waals surface area contributed by atoms with Gasteiger partial charge in [-0.2, -0.15) is 0 Å². The largest absolute Gasteiger partial charge is 0.481 e. The van der Waals surface area contributed by atoms with E-state index in [2.05, 4.69) is 21.2 Å². The highest BCUT2D eigenvalue weighted by atomic mass is 79.9. The Balaban J connectivity index is 1.93. The predicted molar refractivity (Wildman–Crippen MR) is 91.1 cm³/mol. The number of benzene rings is 2. The second kappa shape index (κ2) is 7.52. The van der Waals surface area contributed by atoms with Crippen LogP contribution in [-0.4, -0.2) is 18.3 Å². The number of nitrogens with one attached hydrogen (secondary N) is 1. The minimum absolute atomic E-state index is 0.171. The second-order valence-corrected chi connectivity index (χ2v) is 6.23. The molecule has 1 N–H and O–H groups in total. The third kappa shape index (κ3) is 4.79. The standard InChI is InChI=1S/C16H16BrNO2S/c1-11(20-14-7-3-12(17)4-8-14)16(19)18-13-5-9-15(21-2)10-6-13/h3-11H,1-2H3,(H,18,19)/t11-/m0/s1. The molecule has 1 amide bonds. The van der Waals surface area contributed by atoms with E-state index < -0.39 is 6.10 Å². The Morgan fingerprint density at radius 3 is 2.33 bits per heavy atom. The van der Waals surface area contributed by atoms with Gasteiger partial charge < -0.3 is 10.1 Å². The quantitative estimate of drug-likeness (QED) is 0.788. The number of halogens is 1. The number of rotatable bonds is 5. The zero-order valence-corrected chi connectivity index (χ0v) is 14.2. The molecule has 1 atom stereocenters. The Bertz CT molecular complexity index is 599. The van der Waals surface area contributed by atoms with Crippen molar-refractivity contribution < 1.29 is 9.53 Å². The molecule has 21 heavy (non-hydrogen) atoms. The summed E-state index contributed by atoms with van der Waals surface area (Å²) in [6, 6.07) is 15.1. The van der Waals surface area contributed by atoms with E-state index in [1.165, 1.54) is 0 Å². The summed E-state index contributed by atoms with van der Waals surface area (Å²) in [6.07, 6.45) is 1.45. The molecule has 3 nitrogen and oxygen atoms in total. The van der Waals surface area contributed by atoms with E-state index in [0.29, 0.717) is 5.75 Å². The molecule has 2 rings (SSSR count). The summed E-state index contributed by atoms with van der Waals surface area (Å²) in [5.41, 5.74) is 0.768. The van der Waals surface area contributed by atoms with Gasteiger partial charge in [0, 0.05) is 15.1 Å². The van der Waals surface area contributed by atoms with Gasteiger partial charge in [0.25, 0.3) is 5.91 Å². The molecule has 0 aromatic heterocycles. The number of hydrogen-bond donors (Lipinski definition) is 1. The summed E-state index contributed by atoms with van der Waals surface area (Å²) in [7, 11) is 0. The first-order valence-electron chi connectivity index (χ1n) is 6.45. The lowest BCUT2D eigenvalue weighted by Gasteiger charge is -2.15. The third-order valence-electron chi connectivity index (χ3n) is 2.85. The summed E-state index contributed by atoms with van der Waals surface area (Å²) in [5, 5.41) is 2.84. The lowest BCUT2D eigenvalue weighted by Crippen LogP contribution is -2.30. The first-order valence-corrected chi connectivity index (χ1v) is 8.47. The first-order chi connectivity index (χ1) is 10.1. The molecular formula is C16H16BrNO2S. The summed E-state index contributed by atoms with van der Waals surface area (Å²) < 4.78 is 6.58. The van der Waals surface area contributed by atoms with Crippen LogP contribution in [0.1, 0.15) is 6.92 Å². The smallest absolute Gasteiger partial charge is 0.265 e. The van der Waals surface area contributed by atoms with Gasteiger partial charge in [0.05, 0.1) is 0 Å². The Morgan fingerprint density at radius 1 is 1.14 bits per heavy atom. The lowest BCUT2D eigenvalue weighted by molar-refractivity contribution is -0.122. The minimum Gasteiger partial charge on any atom is -0.481 e. The van der Waals surface area contributed by atoms with Gasteiger partial charge in [0.2, 0.25) is 0 Å². The molecule has 0 aliphatic rings. The highest BCUT2D eigenvalue weighted by Crippen LogP contribution is 2.19. The predicted octanol–water partition coefficient (Wildman–Crippen LogP) is 4.58. The molecule has 0 bridgehead atoms. The summed E-state index contributed by atoms with van der Waals surface area (Å²) >= 11 is 5.02. The third-order valence-corrected chi connectivity index (χ3v) is 4.13. The molecule has 110 valence electrons. The zero-order chi connectivity index (χ0) is 15.2. The van der Waals surface area contributed by atoms with Gasteiger partial charge in [0.15, 0.2) is 6.10 Å². The maximum absolute atomic E-state index is 12.1. The summed E-state index contributed by atoms with van der Waals surface area (Å²) in [6.45, 7) is 1.73. The SMILES string of the molecule is CSc1ccc(NC(=O)[C@H](C)Oc2ccc(Br)cc2)cc1. The van der Waals surface area contributed by atoms with Crippen molar-refractivity contribution in [3.8, 4) is 5.75 Å². The highest BCUT2D eigenvalue weighted by molar-refractivity contribution is 9.10. The van der Waals surface area contributed by atoms with E-state index in [4.69, 9.17) is 4.74 Å². The molecule has 2 aromatic rings. The van der Waals surface area contributed by atoms with E-state index in [9.17, 15) is 4.79 Å². The second-order valence-electron chi connectivity index (χ2n) is 4.43. The van der Waals surface area contributed by atoms with Crippen molar-refractivity contribution in [2.24, 2.45) is 0 Å². The van der Waals surface area contributed by atoms with E-state index in [-0.39, 0.29) is 5.91 Å². The maximum Gasteiger partial charge on any atom is 0.265 e. The number of hydrogen-bond acceptors (Lipinski definition) is 3. The van der Waals surface area contributed by atoms with Gasteiger partial charge in [-0.05, 0) is 61.7 Å². The Morgan fingerprint density at radius 2 is 1.76 bits per heavy atom. The molecule has 2 aromatic carbocycles. The molecule has 5 heteroatoms. The number of carbonyl (C=O) groups is 1. The molecule has 0 saturated carbocycles. The molecule has 0 saturated heterocycles.